The number of aromatic nitrogens is 1. The average Bonchev–Trinajstić information content (AvgIpc) is 3.01. The number of carbonyl (C=O) groups is 2. The molecule has 1 aromatic heterocycles. The molecule has 0 unspecified atom stereocenters. The fourth-order valence-corrected chi connectivity index (χ4v) is 3.04. The van der Waals surface area contributed by atoms with Crippen molar-refractivity contribution in [3.05, 3.63) is 64.9 Å². The summed E-state index contributed by atoms with van der Waals surface area (Å²) in [5, 5.41) is 5.86. The van der Waals surface area contributed by atoms with E-state index in [-0.39, 0.29) is 24.6 Å². The second-order valence-electron chi connectivity index (χ2n) is 5.01. The van der Waals surface area contributed by atoms with E-state index >= 15 is 0 Å². The van der Waals surface area contributed by atoms with E-state index in [2.05, 4.69) is 15.6 Å². The second kappa shape index (κ2) is 7.18. The first-order chi connectivity index (χ1) is 11.6. The summed E-state index contributed by atoms with van der Waals surface area (Å²) in [7, 11) is 0. The quantitative estimate of drug-likeness (QED) is 0.748. The molecule has 0 fully saturated rings. The lowest BCUT2D eigenvalue weighted by Gasteiger charge is -2.06. The largest absolute Gasteiger partial charge is 0.348 e. The van der Waals surface area contributed by atoms with Crippen molar-refractivity contribution in [1.82, 2.24) is 15.6 Å². The van der Waals surface area contributed by atoms with Crippen LogP contribution in [0.3, 0.4) is 0 Å². The molecule has 0 bridgehead atoms. The fraction of sp³-hybridized carbons (Fsp3) is 0.118. The van der Waals surface area contributed by atoms with E-state index in [0.717, 1.165) is 15.2 Å². The van der Waals surface area contributed by atoms with Gasteiger partial charge in [0.2, 0.25) is 5.91 Å². The van der Waals surface area contributed by atoms with Gasteiger partial charge in [-0.2, -0.15) is 0 Å². The van der Waals surface area contributed by atoms with Gasteiger partial charge in [0, 0.05) is 0 Å². The third-order valence-electron chi connectivity index (χ3n) is 3.30. The summed E-state index contributed by atoms with van der Waals surface area (Å²) < 4.78 is 14.5. The monoisotopic (exact) mass is 343 g/mol. The van der Waals surface area contributed by atoms with Gasteiger partial charge in [-0.15, -0.1) is 11.3 Å². The Labute approximate surface area is 141 Å². The Morgan fingerprint density at radius 2 is 1.79 bits per heavy atom. The maximum Gasteiger partial charge on any atom is 0.254 e. The van der Waals surface area contributed by atoms with E-state index in [9.17, 15) is 14.0 Å². The molecule has 2 N–H and O–H groups in total. The molecule has 24 heavy (non-hydrogen) atoms. The third kappa shape index (κ3) is 3.75. The topological polar surface area (TPSA) is 71.1 Å². The number of halogens is 1. The van der Waals surface area contributed by atoms with E-state index in [1.165, 1.54) is 29.5 Å². The summed E-state index contributed by atoms with van der Waals surface area (Å²) in [6, 6.07) is 13.3. The summed E-state index contributed by atoms with van der Waals surface area (Å²) in [6.07, 6.45) is 0. The van der Waals surface area contributed by atoms with Crippen LogP contribution in [0.4, 0.5) is 4.39 Å². The SMILES string of the molecule is O=C(CNC(=O)c1ccccc1F)NCc1nc2ccccc2s1. The predicted octanol–water partition coefficient (Wildman–Crippen LogP) is 2.48. The zero-order valence-electron chi connectivity index (χ0n) is 12.6. The van der Waals surface area contributed by atoms with Crippen LogP contribution in [0.1, 0.15) is 15.4 Å². The van der Waals surface area contributed by atoms with Crippen LogP contribution in [0, 0.1) is 5.82 Å². The molecule has 0 aliphatic heterocycles. The zero-order chi connectivity index (χ0) is 16.9. The first kappa shape index (κ1) is 16.1. The first-order valence-electron chi connectivity index (χ1n) is 7.27. The van der Waals surface area contributed by atoms with E-state index in [1.54, 1.807) is 6.07 Å². The number of nitrogens with zero attached hydrogens (tertiary/aromatic N) is 1. The van der Waals surface area contributed by atoms with Crippen molar-refractivity contribution in [2.45, 2.75) is 6.54 Å². The first-order valence-corrected chi connectivity index (χ1v) is 8.09. The minimum atomic E-state index is -0.622. The highest BCUT2D eigenvalue weighted by Gasteiger charge is 2.12. The summed E-state index contributed by atoms with van der Waals surface area (Å²) in [6.45, 7) is 0.0613. The molecule has 2 amide bonds. The Morgan fingerprint density at radius 3 is 2.58 bits per heavy atom. The number of rotatable bonds is 5. The van der Waals surface area contributed by atoms with E-state index in [1.807, 2.05) is 24.3 Å². The van der Waals surface area contributed by atoms with Gasteiger partial charge in [0.1, 0.15) is 10.8 Å². The molecule has 0 aliphatic rings. The standard InChI is InChI=1S/C17H14FN3O2S/c18-12-6-2-1-5-11(12)17(23)20-9-15(22)19-10-16-21-13-7-3-4-8-14(13)24-16/h1-8H,9-10H2,(H,19,22)(H,20,23). The van der Waals surface area contributed by atoms with Crippen LogP contribution in [0.2, 0.25) is 0 Å². The van der Waals surface area contributed by atoms with Crippen molar-refractivity contribution in [1.29, 1.82) is 0 Å². The van der Waals surface area contributed by atoms with Gasteiger partial charge in [-0.1, -0.05) is 24.3 Å². The van der Waals surface area contributed by atoms with Crippen molar-refractivity contribution < 1.29 is 14.0 Å². The summed E-state index contributed by atoms with van der Waals surface area (Å²) in [5.74, 6) is -1.60. The Hall–Kier alpha value is -2.80. The fourth-order valence-electron chi connectivity index (χ4n) is 2.13. The van der Waals surface area contributed by atoms with Crippen molar-refractivity contribution in [3.8, 4) is 0 Å². The molecular weight excluding hydrogens is 329 g/mol. The Morgan fingerprint density at radius 1 is 1.04 bits per heavy atom. The van der Waals surface area contributed by atoms with Crippen LogP contribution < -0.4 is 10.6 Å². The molecule has 0 aliphatic carbocycles. The summed E-state index contributed by atoms with van der Waals surface area (Å²) >= 11 is 1.50. The second-order valence-corrected chi connectivity index (χ2v) is 6.13. The van der Waals surface area contributed by atoms with Crippen LogP contribution in [0.15, 0.2) is 48.5 Å². The number of hydrogen-bond acceptors (Lipinski definition) is 4. The van der Waals surface area contributed by atoms with E-state index in [4.69, 9.17) is 0 Å². The maximum atomic E-state index is 13.5. The molecular formula is C17H14FN3O2S. The van der Waals surface area contributed by atoms with Gasteiger partial charge in [-0.05, 0) is 24.3 Å². The molecule has 3 aromatic rings. The molecule has 0 saturated heterocycles. The number of para-hydroxylation sites is 1. The predicted molar refractivity (Wildman–Crippen MR) is 90.2 cm³/mol. The number of fused-ring (bicyclic) bond motifs is 1. The molecule has 0 radical (unpaired) electrons. The smallest absolute Gasteiger partial charge is 0.254 e. The molecule has 122 valence electrons. The number of amides is 2. The van der Waals surface area contributed by atoms with Crippen LogP contribution in [-0.4, -0.2) is 23.3 Å². The van der Waals surface area contributed by atoms with Gasteiger partial charge in [-0.3, -0.25) is 9.59 Å². The van der Waals surface area contributed by atoms with Gasteiger partial charge in [0.05, 0.1) is 28.9 Å². The normalized spacial score (nSPS) is 10.5. The lowest BCUT2D eigenvalue weighted by molar-refractivity contribution is -0.120. The average molecular weight is 343 g/mol. The highest BCUT2D eigenvalue weighted by molar-refractivity contribution is 7.18. The van der Waals surface area contributed by atoms with E-state index in [0.29, 0.717) is 0 Å². The van der Waals surface area contributed by atoms with Crippen LogP contribution in [0.25, 0.3) is 10.2 Å². The number of benzene rings is 2. The molecule has 3 rings (SSSR count). The summed E-state index contributed by atoms with van der Waals surface area (Å²) in [4.78, 5) is 28.0. The Balaban J connectivity index is 1.51. The van der Waals surface area contributed by atoms with Gasteiger partial charge in [-0.25, -0.2) is 9.37 Å². The molecule has 0 atom stereocenters. The minimum absolute atomic E-state index is 0.0866. The lowest BCUT2D eigenvalue weighted by atomic mass is 10.2. The van der Waals surface area contributed by atoms with Crippen molar-refractivity contribution in [3.63, 3.8) is 0 Å². The number of hydrogen-bond donors (Lipinski definition) is 2. The zero-order valence-corrected chi connectivity index (χ0v) is 13.4. The Bertz CT molecular complexity index is 861. The minimum Gasteiger partial charge on any atom is -0.348 e. The highest BCUT2D eigenvalue weighted by atomic mass is 32.1. The molecule has 5 nitrogen and oxygen atoms in total. The molecule has 1 heterocycles. The van der Waals surface area contributed by atoms with Gasteiger partial charge >= 0.3 is 0 Å². The van der Waals surface area contributed by atoms with Crippen LogP contribution >= 0.6 is 11.3 Å². The van der Waals surface area contributed by atoms with Crippen LogP contribution in [0.5, 0.6) is 0 Å². The maximum absolute atomic E-state index is 13.5. The Kier molecular flexibility index (Phi) is 4.81. The van der Waals surface area contributed by atoms with Gasteiger partial charge < -0.3 is 10.6 Å². The van der Waals surface area contributed by atoms with Crippen molar-refractivity contribution in [2.24, 2.45) is 0 Å². The highest BCUT2D eigenvalue weighted by Crippen LogP contribution is 2.21. The molecule has 2 aromatic carbocycles. The number of nitrogens with one attached hydrogen (secondary N) is 2. The third-order valence-corrected chi connectivity index (χ3v) is 4.34. The molecule has 0 spiro atoms. The molecule has 7 heteroatoms. The van der Waals surface area contributed by atoms with Crippen LogP contribution in [-0.2, 0) is 11.3 Å². The summed E-state index contributed by atoms with van der Waals surface area (Å²) in [5.41, 5.74) is 0.802. The molecule has 0 saturated carbocycles. The van der Waals surface area contributed by atoms with Crippen molar-refractivity contribution in [2.75, 3.05) is 6.54 Å². The number of thiazole rings is 1. The van der Waals surface area contributed by atoms with Gasteiger partial charge in [0.15, 0.2) is 0 Å². The van der Waals surface area contributed by atoms with Crippen molar-refractivity contribution >= 4 is 33.4 Å². The van der Waals surface area contributed by atoms with E-state index < -0.39 is 11.7 Å². The lowest BCUT2D eigenvalue weighted by Crippen LogP contribution is -2.36. The number of carbonyl (C=O) groups excluding carboxylic acids is 2. The van der Waals surface area contributed by atoms with Gasteiger partial charge in [0.25, 0.3) is 5.91 Å².